The Kier molecular flexibility index (Phi) is 4.91. The number of nitrogens with two attached hydrogens (primary N) is 1. The fourth-order valence-corrected chi connectivity index (χ4v) is 2.70. The molecule has 1 aliphatic rings. The Morgan fingerprint density at radius 3 is 2.80 bits per heavy atom. The van der Waals surface area contributed by atoms with E-state index in [4.69, 9.17) is 22.9 Å². The second kappa shape index (κ2) is 6.31. The predicted octanol–water partition coefficient (Wildman–Crippen LogP) is 3.15. The number of hydrogen-bond donors (Lipinski definition) is 2. The number of thioether (sulfide) groups is 1. The summed E-state index contributed by atoms with van der Waals surface area (Å²) in [6.45, 7) is 5.27. The quantitative estimate of drug-likeness (QED) is 0.818. The molecule has 0 unspecified atom stereocenters. The Hall–Kier alpha value is -0.810. The van der Waals surface area contributed by atoms with Crippen molar-refractivity contribution in [3.05, 3.63) is 22.9 Å². The molecule has 3 nitrogen and oxygen atoms in total. The molecule has 0 fully saturated rings. The topological polar surface area (TPSA) is 50.9 Å². The Balaban J connectivity index is 2.28. The Morgan fingerprint density at radius 2 is 2.15 bits per heavy atom. The van der Waals surface area contributed by atoms with Gasteiger partial charge in [0.2, 0.25) is 0 Å². The van der Waals surface area contributed by atoms with Gasteiger partial charge in [-0.15, -0.1) is 0 Å². The van der Waals surface area contributed by atoms with E-state index in [1.54, 1.807) is 0 Å². The van der Waals surface area contributed by atoms with Crippen LogP contribution in [0.1, 0.15) is 43.5 Å². The van der Waals surface area contributed by atoms with Crippen LogP contribution in [-0.2, 0) is 12.8 Å². The zero-order valence-electron chi connectivity index (χ0n) is 12.5. The van der Waals surface area contributed by atoms with Gasteiger partial charge in [0.1, 0.15) is 10.8 Å². The van der Waals surface area contributed by atoms with Crippen LogP contribution in [0.25, 0.3) is 0 Å². The van der Waals surface area contributed by atoms with Crippen LogP contribution in [0.4, 0.5) is 5.82 Å². The lowest BCUT2D eigenvalue weighted by Gasteiger charge is -2.25. The molecule has 1 aliphatic carbocycles. The van der Waals surface area contributed by atoms with Crippen LogP contribution >= 0.6 is 24.0 Å². The van der Waals surface area contributed by atoms with E-state index in [1.807, 2.05) is 11.8 Å². The standard InChI is InChI=1S/C15H23N3S2/c1-15(2,20-3)9-17-14-11(13(16)19)8-10-6-4-5-7-12(10)18-14/h8H,4-7,9H2,1-3H3,(H2,16,19)(H,17,18). The molecular weight excluding hydrogens is 286 g/mol. The average Bonchev–Trinajstić information content (AvgIpc) is 2.44. The molecule has 3 N–H and O–H groups in total. The smallest absolute Gasteiger partial charge is 0.136 e. The zero-order valence-corrected chi connectivity index (χ0v) is 14.1. The molecule has 0 atom stereocenters. The highest BCUT2D eigenvalue weighted by Crippen LogP contribution is 2.26. The number of nitrogens with zero attached hydrogens (tertiary/aromatic N) is 1. The largest absolute Gasteiger partial charge is 0.389 e. The van der Waals surface area contributed by atoms with Crippen molar-refractivity contribution in [3.8, 4) is 0 Å². The summed E-state index contributed by atoms with van der Waals surface area (Å²) in [5.74, 6) is 0.847. The van der Waals surface area contributed by atoms with E-state index in [9.17, 15) is 0 Å². The highest BCUT2D eigenvalue weighted by atomic mass is 32.2. The molecule has 20 heavy (non-hydrogen) atoms. The van der Waals surface area contributed by atoms with Crippen molar-refractivity contribution in [2.75, 3.05) is 18.1 Å². The summed E-state index contributed by atoms with van der Waals surface area (Å²) in [7, 11) is 0. The fraction of sp³-hybridized carbons (Fsp3) is 0.600. The van der Waals surface area contributed by atoms with E-state index in [0.717, 1.165) is 30.8 Å². The van der Waals surface area contributed by atoms with Crippen molar-refractivity contribution in [2.45, 2.75) is 44.3 Å². The second-order valence-corrected chi connectivity index (χ2v) is 7.83. The zero-order chi connectivity index (χ0) is 14.8. The van der Waals surface area contributed by atoms with Gasteiger partial charge in [-0.2, -0.15) is 11.8 Å². The molecule has 0 bridgehead atoms. The molecule has 1 aromatic rings. The number of thiocarbonyl (C=S) groups is 1. The molecular formula is C15H23N3S2. The molecule has 1 heterocycles. The van der Waals surface area contributed by atoms with E-state index in [1.165, 1.54) is 24.1 Å². The van der Waals surface area contributed by atoms with Gasteiger partial charge in [-0.05, 0) is 57.4 Å². The molecule has 0 amide bonds. The number of nitrogens with one attached hydrogen (secondary N) is 1. The van der Waals surface area contributed by atoms with Crippen LogP contribution in [0.15, 0.2) is 6.07 Å². The molecule has 0 aliphatic heterocycles. The predicted molar refractivity (Wildman–Crippen MR) is 92.9 cm³/mol. The third-order valence-electron chi connectivity index (χ3n) is 3.80. The van der Waals surface area contributed by atoms with Crippen molar-refractivity contribution < 1.29 is 0 Å². The monoisotopic (exact) mass is 309 g/mol. The first kappa shape index (κ1) is 15.6. The number of anilines is 1. The summed E-state index contributed by atoms with van der Waals surface area (Å²) in [5, 5.41) is 3.44. The van der Waals surface area contributed by atoms with Gasteiger partial charge < -0.3 is 11.1 Å². The summed E-state index contributed by atoms with van der Waals surface area (Å²) < 4.78 is 0.158. The van der Waals surface area contributed by atoms with Gasteiger partial charge in [0.05, 0.1) is 5.56 Å². The van der Waals surface area contributed by atoms with Crippen molar-refractivity contribution in [3.63, 3.8) is 0 Å². The van der Waals surface area contributed by atoms with E-state index >= 15 is 0 Å². The molecule has 0 spiro atoms. The summed E-state index contributed by atoms with van der Waals surface area (Å²) in [6, 6.07) is 2.14. The van der Waals surface area contributed by atoms with Crippen LogP contribution in [0.5, 0.6) is 0 Å². The molecule has 2 rings (SSSR count). The van der Waals surface area contributed by atoms with Crippen molar-refractivity contribution in [1.82, 2.24) is 4.98 Å². The van der Waals surface area contributed by atoms with Crippen LogP contribution in [-0.4, -0.2) is 27.5 Å². The Morgan fingerprint density at radius 1 is 1.45 bits per heavy atom. The van der Waals surface area contributed by atoms with Crippen LogP contribution in [0.2, 0.25) is 0 Å². The van der Waals surface area contributed by atoms with Gasteiger partial charge in [0.15, 0.2) is 0 Å². The third kappa shape index (κ3) is 3.64. The molecule has 110 valence electrons. The van der Waals surface area contributed by atoms with Crippen LogP contribution < -0.4 is 11.1 Å². The van der Waals surface area contributed by atoms with Crippen LogP contribution in [0, 0.1) is 0 Å². The van der Waals surface area contributed by atoms with E-state index in [-0.39, 0.29) is 4.75 Å². The SMILES string of the molecule is CSC(C)(C)CNc1nc2c(cc1C(N)=S)CCCC2. The lowest BCUT2D eigenvalue weighted by atomic mass is 9.94. The molecule has 5 heteroatoms. The van der Waals surface area contributed by atoms with Gasteiger partial charge in [-0.1, -0.05) is 12.2 Å². The van der Waals surface area contributed by atoms with Gasteiger partial charge in [-0.3, -0.25) is 0 Å². The van der Waals surface area contributed by atoms with Gasteiger partial charge in [-0.25, -0.2) is 4.98 Å². The number of aryl methyl sites for hydroxylation is 2. The van der Waals surface area contributed by atoms with Crippen molar-refractivity contribution in [1.29, 1.82) is 0 Å². The first-order valence-electron chi connectivity index (χ1n) is 7.04. The number of fused-ring (bicyclic) bond motifs is 1. The minimum absolute atomic E-state index is 0.158. The highest BCUT2D eigenvalue weighted by Gasteiger charge is 2.20. The molecule has 1 aromatic heterocycles. The average molecular weight is 310 g/mol. The lowest BCUT2D eigenvalue weighted by molar-refractivity contribution is 0.667. The van der Waals surface area contributed by atoms with Crippen LogP contribution in [0.3, 0.4) is 0 Å². The molecule has 0 radical (unpaired) electrons. The van der Waals surface area contributed by atoms with E-state index in [0.29, 0.717) is 4.99 Å². The third-order valence-corrected chi connectivity index (χ3v) is 5.27. The number of pyridine rings is 1. The summed E-state index contributed by atoms with van der Waals surface area (Å²) in [6.07, 6.45) is 6.73. The fourth-order valence-electron chi connectivity index (χ4n) is 2.33. The summed E-state index contributed by atoms with van der Waals surface area (Å²) in [4.78, 5) is 5.21. The Bertz CT molecular complexity index is 512. The normalized spacial score (nSPS) is 14.8. The van der Waals surface area contributed by atoms with Gasteiger partial charge >= 0.3 is 0 Å². The van der Waals surface area contributed by atoms with Gasteiger partial charge in [0.25, 0.3) is 0 Å². The lowest BCUT2D eigenvalue weighted by Crippen LogP contribution is -2.28. The van der Waals surface area contributed by atoms with Crippen molar-refractivity contribution >= 4 is 34.8 Å². The Labute approximate surface area is 131 Å². The number of hydrogen-bond acceptors (Lipinski definition) is 4. The molecule has 0 saturated carbocycles. The minimum atomic E-state index is 0.158. The highest BCUT2D eigenvalue weighted by molar-refractivity contribution is 7.99. The van der Waals surface area contributed by atoms with Gasteiger partial charge in [0, 0.05) is 17.0 Å². The maximum atomic E-state index is 5.87. The molecule has 0 aromatic carbocycles. The summed E-state index contributed by atoms with van der Waals surface area (Å²) in [5.41, 5.74) is 9.28. The number of rotatable bonds is 5. The van der Waals surface area contributed by atoms with E-state index in [2.05, 4.69) is 31.5 Å². The van der Waals surface area contributed by atoms with Crippen molar-refractivity contribution in [2.24, 2.45) is 5.73 Å². The maximum Gasteiger partial charge on any atom is 0.136 e. The number of aromatic nitrogens is 1. The summed E-state index contributed by atoms with van der Waals surface area (Å²) >= 11 is 7.02. The first-order chi connectivity index (χ1) is 9.43. The maximum absolute atomic E-state index is 5.87. The van der Waals surface area contributed by atoms with E-state index < -0.39 is 0 Å². The second-order valence-electron chi connectivity index (χ2n) is 5.88. The first-order valence-corrected chi connectivity index (χ1v) is 8.68. The minimum Gasteiger partial charge on any atom is -0.389 e. The molecule has 0 saturated heterocycles.